The van der Waals surface area contributed by atoms with E-state index >= 15 is 0 Å². The van der Waals surface area contributed by atoms with Crippen LogP contribution in [0.1, 0.15) is 58.5 Å². The lowest BCUT2D eigenvalue weighted by molar-refractivity contribution is 0.0706. The fraction of sp³-hybridized carbons (Fsp3) is 0.417. The Morgan fingerprint density at radius 2 is 2.00 bits per heavy atom. The highest BCUT2D eigenvalue weighted by Crippen LogP contribution is 2.23. The zero-order chi connectivity index (χ0) is 22.0. The number of likely N-dealkylation sites (tertiary alicyclic amines) is 1. The minimum atomic E-state index is -0.0790. The van der Waals surface area contributed by atoms with Crippen molar-refractivity contribution in [3.05, 3.63) is 59.2 Å². The maximum atomic E-state index is 13.3. The summed E-state index contributed by atoms with van der Waals surface area (Å²) >= 11 is 0. The normalized spacial score (nSPS) is 16.9. The number of amides is 2. The van der Waals surface area contributed by atoms with Crippen molar-refractivity contribution in [1.82, 2.24) is 19.9 Å². The van der Waals surface area contributed by atoms with E-state index in [1.807, 2.05) is 49.2 Å². The summed E-state index contributed by atoms with van der Waals surface area (Å²) in [6.07, 6.45) is 4.75. The third-order valence-corrected chi connectivity index (χ3v) is 6.21. The third kappa shape index (κ3) is 4.04. The van der Waals surface area contributed by atoms with Crippen molar-refractivity contribution >= 4 is 22.6 Å². The maximum Gasteiger partial charge on any atom is 0.273 e. The molecule has 1 aliphatic rings. The molecule has 0 saturated carbocycles. The molecule has 1 aromatic carbocycles. The fourth-order valence-corrected chi connectivity index (χ4v) is 4.38. The Hall–Kier alpha value is -3.22. The molecule has 0 bridgehead atoms. The highest BCUT2D eigenvalue weighted by molar-refractivity contribution is 6.05. The standard InChI is InChI=1S/C24H28N4O3/c1-4-20-21(16(2)31-26-20)23(29)28-14-7-9-18(12-15-28)27(3)24(30)22-19-10-6-5-8-17(19)11-13-25-22/h5-6,8,10-11,13,18H,4,7,9,12,14-15H2,1-3H3/t18-/m0/s1. The number of nitrogens with zero attached hydrogens (tertiary/aromatic N) is 4. The average Bonchev–Trinajstić information content (AvgIpc) is 3.01. The molecule has 0 radical (unpaired) electrons. The molecule has 1 atom stereocenters. The number of hydrogen-bond acceptors (Lipinski definition) is 5. The van der Waals surface area contributed by atoms with Gasteiger partial charge in [0.1, 0.15) is 17.0 Å². The Bertz CT molecular complexity index is 1100. The van der Waals surface area contributed by atoms with Gasteiger partial charge in [-0.25, -0.2) is 0 Å². The number of pyridine rings is 1. The Labute approximate surface area is 182 Å². The summed E-state index contributed by atoms with van der Waals surface area (Å²) in [5.41, 5.74) is 1.77. The van der Waals surface area contributed by atoms with Gasteiger partial charge in [-0.05, 0) is 44.1 Å². The van der Waals surface area contributed by atoms with Crippen LogP contribution in [0.25, 0.3) is 10.8 Å². The predicted octanol–water partition coefficient (Wildman–Crippen LogP) is 3.86. The molecule has 3 aromatic rings. The second kappa shape index (κ2) is 8.88. The van der Waals surface area contributed by atoms with Crippen LogP contribution in [-0.4, -0.2) is 57.9 Å². The summed E-state index contributed by atoms with van der Waals surface area (Å²) in [5.74, 6) is 0.461. The van der Waals surface area contributed by atoms with E-state index in [1.165, 1.54) is 0 Å². The van der Waals surface area contributed by atoms with E-state index in [4.69, 9.17) is 4.52 Å². The van der Waals surface area contributed by atoms with Crippen molar-refractivity contribution < 1.29 is 14.1 Å². The van der Waals surface area contributed by atoms with Crippen LogP contribution in [0, 0.1) is 6.92 Å². The van der Waals surface area contributed by atoms with E-state index in [0.717, 1.165) is 30.0 Å². The molecule has 7 nitrogen and oxygen atoms in total. The molecule has 1 saturated heterocycles. The molecule has 1 aliphatic heterocycles. The molecule has 0 N–H and O–H groups in total. The van der Waals surface area contributed by atoms with E-state index in [2.05, 4.69) is 10.1 Å². The van der Waals surface area contributed by atoms with Gasteiger partial charge in [-0.3, -0.25) is 14.6 Å². The number of fused-ring (bicyclic) bond motifs is 1. The van der Waals surface area contributed by atoms with Crippen molar-refractivity contribution in [2.24, 2.45) is 0 Å². The van der Waals surface area contributed by atoms with E-state index in [0.29, 0.717) is 42.2 Å². The molecule has 31 heavy (non-hydrogen) atoms. The summed E-state index contributed by atoms with van der Waals surface area (Å²) in [6.45, 7) is 5.01. The van der Waals surface area contributed by atoms with Crippen molar-refractivity contribution in [3.8, 4) is 0 Å². The molecule has 1 fully saturated rings. The van der Waals surface area contributed by atoms with Gasteiger partial charge in [-0.1, -0.05) is 36.3 Å². The maximum absolute atomic E-state index is 13.3. The van der Waals surface area contributed by atoms with Crippen molar-refractivity contribution in [2.75, 3.05) is 20.1 Å². The molecule has 2 amide bonds. The zero-order valence-corrected chi connectivity index (χ0v) is 18.3. The fourth-order valence-electron chi connectivity index (χ4n) is 4.38. The van der Waals surface area contributed by atoms with Crippen LogP contribution in [0.15, 0.2) is 41.1 Å². The van der Waals surface area contributed by atoms with Gasteiger partial charge in [0.25, 0.3) is 11.8 Å². The minimum absolute atomic E-state index is 0.0269. The van der Waals surface area contributed by atoms with Gasteiger partial charge in [0.05, 0.1) is 5.69 Å². The quantitative estimate of drug-likeness (QED) is 0.640. The molecular formula is C24H28N4O3. The number of hydrogen-bond donors (Lipinski definition) is 0. The smallest absolute Gasteiger partial charge is 0.273 e. The van der Waals surface area contributed by atoms with Gasteiger partial charge in [0.2, 0.25) is 0 Å². The summed E-state index contributed by atoms with van der Waals surface area (Å²) in [4.78, 5) is 34.4. The topological polar surface area (TPSA) is 79.5 Å². The van der Waals surface area contributed by atoms with Gasteiger partial charge in [0, 0.05) is 37.8 Å². The van der Waals surface area contributed by atoms with Crippen LogP contribution in [-0.2, 0) is 6.42 Å². The second-order valence-electron chi connectivity index (χ2n) is 8.09. The molecule has 0 spiro atoms. The van der Waals surface area contributed by atoms with E-state index in [-0.39, 0.29) is 17.9 Å². The van der Waals surface area contributed by atoms with E-state index in [9.17, 15) is 9.59 Å². The van der Waals surface area contributed by atoms with Gasteiger partial charge in [-0.15, -0.1) is 0 Å². The molecule has 3 heterocycles. The molecular weight excluding hydrogens is 392 g/mol. The highest BCUT2D eigenvalue weighted by Gasteiger charge is 2.30. The van der Waals surface area contributed by atoms with Crippen LogP contribution in [0.4, 0.5) is 0 Å². The number of benzene rings is 1. The first kappa shape index (κ1) is 21.0. The summed E-state index contributed by atoms with van der Waals surface area (Å²) < 4.78 is 5.25. The largest absolute Gasteiger partial charge is 0.361 e. The first-order valence-electron chi connectivity index (χ1n) is 10.9. The van der Waals surface area contributed by atoms with Crippen molar-refractivity contribution in [3.63, 3.8) is 0 Å². The number of carbonyl (C=O) groups is 2. The lowest BCUT2D eigenvalue weighted by atomic mass is 10.1. The van der Waals surface area contributed by atoms with Gasteiger partial charge < -0.3 is 14.3 Å². The monoisotopic (exact) mass is 420 g/mol. The van der Waals surface area contributed by atoms with Crippen LogP contribution in [0.2, 0.25) is 0 Å². The Kier molecular flexibility index (Phi) is 6.02. The molecule has 2 aromatic heterocycles. The number of aryl methyl sites for hydroxylation is 2. The molecule has 4 rings (SSSR count). The van der Waals surface area contributed by atoms with E-state index in [1.54, 1.807) is 18.0 Å². The van der Waals surface area contributed by atoms with Gasteiger partial charge in [0.15, 0.2) is 0 Å². The number of rotatable bonds is 4. The summed E-state index contributed by atoms with van der Waals surface area (Å²) in [5, 5.41) is 5.88. The first-order valence-corrected chi connectivity index (χ1v) is 10.9. The van der Waals surface area contributed by atoms with Gasteiger partial charge >= 0.3 is 0 Å². The van der Waals surface area contributed by atoms with Crippen LogP contribution >= 0.6 is 0 Å². The highest BCUT2D eigenvalue weighted by atomic mass is 16.5. The summed E-state index contributed by atoms with van der Waals surface area (Å²) in [6, 6.07) is 9.77. The number of aromatic nitrogens is 2. The average molecular weight is 421 g/mol. The molecule has 7 heteroatoms. The van der Waals surface area contributed by atoms with Crippen LogP contribution in [0.3, 0.4) is 0 Å². The first-order chi connectivity index (χ1) is 15.0. The molecule has 0 aliphatic carbocycles. The van der Waals surface area contributed by atoms with Crippen molar-refractivity contribution in [2.45, 2.75) is 45.6 Å². The predicted molar refractivity (Wildman–Crippen MR) is 118 cm³/mol. The van der Waals surface area contributed by atoms with E-state index < -0.39 is 0 Å². The molecule has 0 unspecified atom stereocenters. The Morgan fingerprint density at radius 1 is 1.19 bits per heavy atom. The Balaban J connectivity index is 1.49. The SMILES string of the molecule is CCc1noc(C)c1C(=O)N1CCC[C@H](N(C)C(=O)c2nccc3ccccc23)CC1. The lowest BCUT2D eigenvalue weighted by Gasteiger charge is -2.27. The van der Waals surface area contributed by atoms with Gasteiger partial charge in [-0.2, -0.15) is 0 Å². The zero-order valence-electron chi connectivity index (χ0n) is 18.3. The van der Waals surface area contributed by atoms with Crippen LogP contribution in [0.5, 0.6) is 0 Å². The van der Waals surface area contributed by atoms with Crippen LogP contribution < -0.4 is 0 Å². The molecule has 162 valence electrons. The minimum Gasteiger partial charge on any atom is -0.361 e. The number of carbonyl (C=O) groups excluding carboxylic acids is 2. The van der Waals surface area contributed by atoms with Crippen molar-refractivity contribution in [1.29, 1.82) is 0 Å². The third-order valence-electron chi connectivity index (χ3n) is 6.21. The second-order valence-corrected chi connectivity index (χ2v) is 8.09. The lowest BCUT2D eigenvalue weighted by Crippen LogP contribution is -2.39. The Morgan fingerprint density at radius 3 is 2.81 bits per heavy atom. The summed E-state index contributed by atoms with van der Waals surface area (Å²) in [7, 11) is 1.84.